The summed E-state index contributed by atoms with van der Waals surface area (Å²) in [4.78, 5) is 22.1. The van der Waals surface area contributed by atoms with Gasteiger partial charge in [-0.2, -0.15) is 0 Å². The molecule has 0 aromatic rings. The minimum Gasteiger partial charge on any atom is -0.466 e. The van der Waals surface area contributed by atoms with Crippen molar-refractivity contribution < 1.29 is 19.1 Å². The van der Waals surface area contributed by atoms with Crippen LogP contribution in [0.2, 0.25) is 0 Å². The summed E-state index contributed by atoms with van der Waals surface area (Å²) in [6, 6.07) is 0. The van der Waals surface area contributed by atoms with E-state index in [1.807, 2.05) is 0 Å². The molecule has 0 aromatic heterocycles. The van der Waals surface area contributed by atoms with Crippen molar-refractivity contribution in [1.29, 1.82) is 0 Å². The number of esters is 2. The molecular weight excluding hydrogens is 196 g/mol. The predicted molar refractivity (Wildman–Crippen MR) is 56.3 cm³/mol. The highest BCUT2D eigenvalue weighted by Crippen LogP contribution is 2.05. The zero-order valence-electron chi connectivity index (χ0n) is 9.75. The van der Waals surface area contributed by atoms with Crippen LogP contribution in [0.3, 0.4) is 0 Å². The summed E-state index contributed by atoms with van der Waals surface area (Å²) in [5, 5.41) is 0. The molecule has 0 spiro atoms. The molecule has 0 aromatic carbocycles. The molecule has 0 saturated heterocycles. The van der Waals surface area contributed by atoms with E-state index in [-0.39, 0.29) is 5.97 Å². The van der Waals surface area contributed by atoms with Crippen LogP contribution in [-0.2, 0) is 19.1 Å². The Bertz CT molecular complexity index is 201. The fourth-order valence-corrected chi connectivity index (χ4v) is 1.17. The van der Waals surface area contributed by atoms with Gasteiger partial charge in [0.1, 0.15) is 0 Å². The first-order valence-electron chi connectivity index (χ1n) is 5.39. The van der Waals surface area contributed by atoms with Gasteiger partial charge in [-0.05, 0) is 13.3 Å². The van der Waals surface area contributed by atoms with Crippen molar-refractivity contribution in [2.45, 2.75) is 52.1 Å². The number of carbonyl (C=O) groups is 2. The Morgan fingerprint density at radius 2 is 1.87 bits per heavy atom. The van der Waals surface area contributed by atoms with Crippen LogP contribution in [0.25, 0.3) is 0 Å². The molecule has 0 unspecified atom stereocenters. The van der Waals surface area contributed by atoms with Gasteiger partial charge < -0.3 is 9.47 Å². The lowest BCUT2D eigenvalue weighted by atomic mass is 10.1. The fourth-order valence-electron chi connectivity index (χ4n) is 1.17. The first kappa shape index (κ1) is 13.9. The fraction of sp³-hybridized carbons (Fsp3) is 0.818. The summed E-state index contributed by atoms with van der Waals surface area (Å²) in [6.45, 7) is 3.62. The first-order chi connectivity index (χ1) is 7.11. The Morgan fingerprint density at radius 3 is 2.40 bits per heavy atom. The van der Waals surface area contributed by atoms with Crippen molar-refractivity contribution in [2.24, 2.45) is 0 Å². The van der Waals surface area contributed by atoms with Crippen molar-refractivity contribution in [3.05, 3.63) is 0 Å². The Kier molecular flexibility index (Phi) is 7.68. The summed E-state index contributed by atoms with van der Waals surface area (Å²) in [6.07, 6.45) is 3.68. The largest absolute Gasteiger partial charge is 0.466 e. The van der Waals surface area contributed by atoms with Gasteiger partial charge in [0.05, 0.1) is 7.11 Å². The van der Waals surface area contributed by atoms with E-state index in [9.17, 15) is 9.59 Å². The average molecular weight is 216 g/mol. The van der Waals surface area contributed by atoms with Gasteiger partial charge in [-0.15, -0.1) is 0 Å². The van der Waals surface area contributed by atoms with Crippen LogP contribution in [0.5, 0.6) is 0 Å². The molecule has 4 heteroatoms. The maximum atomic E-state index is 11.2. The molecular formula is C11H20O4. The third kappa shape index (κ3) is 6.94. The summed E-state index contributed by atoms with van der Waals surface area (Å²) in [5.74, 6) is -0.846. The second-order valence-corrected chi connectivity index (χ2v) is 3.47. The molecule has 0 aliphatic carbocycles. The van der Waals surface area contributed by atoms with Crippen LogP contribution < -0.4 is 0 Å². The maximum absolute atomic E-state index is 11.2. The number of rotatable bonds is 7. The van der Waals surface area contributed by atoms with E-state index in [1.165, 1.54) is 14.0 Å². The van der Waals surface area contributed by atoms with Crippen LogP contribution >= 0.6 is 0 Å². The van der Waals surface area contributed by atoms with Gasteiger partial charge in [0.25, 0.3) is 0 Å². The standard InChI is InChI=1S/C11H20O4/c1-4-5-6-7-8-10(12)15-9(2)11(13)14-3/h9H,4-8H2,1-3H3/t9-/m1/s1. The van der Waals surface area contributed by atoms with Gasteiger partial charge in [-0.25, -0.2) is 4.79 Å². The van der Waals surface area contributed by atoms with E-state index in [4.69, 9.17) is 4.74 Å². The number of hydrogen-bond donors (Lipinski definition) is 0. The molecule has 0 N–H and O–H groups in total. The lowest BCUT2D eigenvalue weighted by Gasteiger charge is -2.10. The monoisotopic (exact) mass is 216 g/mol. The van der Waals surface area contributed by atoms with Crippen molar-refractivity contribution in [3.63, 3.8) is 0 Å². The van der Waals surface area contributed by atoms with Gasteiger partial charge in [0.15, 0.2) is 6.10 Å². The van der Waals surface area contributed by atoms with E-state index in [1.54, 1.807) is 0 Å². The normalized spacial score (nSPS) is 11.9. The SMILES string of the molecule is CCCCCCC(=O)O[C@H](C)C(=O)OC. The van der Waals surface area contributed by atoms with Crippen molar-refractivity contribution >= 4 is 11.9 Å². The van der Waals surface area contributed by atoms with Crippen molar-refractivity contribution in [1.82, 2.24) is 0 Å². The second kappa shape index (κ2) is 8.26. The van der Waals surface area contributed by atoms with Gasteiger partial charge >= 0.3 is 11.9 Å². The molecule has 0 radical (unpaired) electrons. The topological polar surface area (TPSA) is 52.6 Å². The third-order valence-corrected chi connectivity index (χ3v) is 2.08. The number of unbranched alkanes of at least 4 members (excludes halogenated alkanes) is 3. The minimum absolute atomic E-state index is 0.330. The minimum atomic E-state index is -0.798. The van der Waals surface area contributed by atoms with E-state index in [0.717, 1.165) is 25.7 Å². The van der Waals surface area contributed by atoms with E-state index in [0.29, 0.717) is 6.42 Å². The lowest BCUT2D eigenvalue weighted by Crippen LogP contribution is -2.25. The number of carbonyl (C=O) groups excluding carboxylic acids is 2. The van der Waals surface area contributed by atoms with Gasteiger partial charge in [0.2, 0.25) is 0 Å². The van der Waals surface area contributed by atoms with E-state index >= 15 is 0 Å². The summed E-state index contributed by atoms with van der Waals surface area (Å²) in [7, 11) is 1.27. The molecule has 88 valence electrons. The molecule has 0 amide bonds. The molecule has 0 aliphatic rings. The van der Waals surface area contributed by atoms with Crippen molar-refractivity contribution in [2.75, 3.05) is 7.11 Å². The highest BCUT2D eigenvalue weighted by atomic mass is 16.6. The van der Waals surface area contributed by atoms with Crippen LogP contribution in [-0.4, -0.2) is 25.2 Å². The molecule has 0 aliphatic heterocycles. The number of methoxy groups -OCH3 is 1. The summed E-state index contributed by atoms with van der Waals surface area (Å²) in [5.41, 5.74) is 0. The van der Waals surface area contributed by atoms with E-state index < -0.39 is 12.1 Å². The Hall–Kier alpha value is -1.06. The van der Waals surface area contributed by atoms with Crippen LogP contribution in [0.4, 0.5) is 0 Å². The second-order valence-electron chi connectivity index (χ2n) is 3.47. The van der Waals surface area contributed by atoms with Crippen LogP contribution in [0.1, 0.15) is 46.0 Å². The third-order valence-electron chi connectivity index (χ3n) is 2.08. The molecule has 0 heterocycles. The zero-order valence-corrected chi connectivity index (χ0v) is 9.75. The quantitative estimate of drug-likeness (QED) is 0.483. The highest BCUT2D eigenvalue weighted by molar-refractivity contribution is 5.78. The van der Waals surface area contributed by atoms with Crippen molar-refractivity contribution in [3.8, 4) is 0 Å². The predicted octanol–water partition coefficient (Wildman–Crippen LogP) is 2.06. The summed E-state index contributed by atoms with van der Waals surface area (Å²) >= 11 is 0. The van der Waals surface area contributed by atoms with Gasteiger partial charge in [-0.1, -0.05) is 26.2 Å². The maximum Gasteiger partial charge on any atom is 0.346 e. The van der Waals surface area contributed by atoms with E-state index in [2.05, 4.69) is 11.7 Å². The zero-order chi connectivity index (χ0) is 11.7. The lowest BCUT2D eigenvalue weighted by molar-refractivity contribution is -0.164. The Labute approximate surface area is 90.9 Å². The molecule has 0 saturated carbocycles. The van der Waals surface area contributed by atoms with Crippen LogP contribution in [0, 0.1) is 0 Å². The first-order valence-corrected chi connectivity index (χ1v) is 5.39. The highest BCUT2D eigenvalue weighted by Gasteiger charge is 2.17. The Morgan fingerprint density at radius 1 is 1.20 bits per heavy atom. The van der Waals surface area contributed by atoms with Gasteiger partial charge in [-0.3, -0.25) is 4.79 Å². The van der Waals surface area contributed by atoms with Crippen LogP contribution in [0.15, 0.2) is 0 Å². The number of ether oxygens (including phenoxy) is 2. The molecule has 4 nitrogen and oxygen atoms in total. The number of hydrogen-bond acceptors (Lipinski definition) is 4. The van der Waals surface area contributed by atoms with Gasteiger partial charge in [0, 0.05) is 6.42 Å². The molecule has 15 heavy (non-hydrogen) atoms. The Balaban J connectivity index is 3.60. The molecule has 0 bridgehead atoms. The molecule has 0 fully saturated rings. The molecule has 0 rings (SSSR count). The summed E-state index contributed by atoms with van der Waals surface area (Å²) < 4.78 is 9.31. The average Bonchev–Trinajstić information content (AvgIpc) is 2.23. The molecule has 1 atom stereocenters. The smallest absolute Gasteiger partial charge is 0.346 e.